The van der Waals surface area contributed by atoms with Crippen molar-refractivity contribution in [2.24, 2.45) is 11.3 Å². The van der Waals surface area contributed by atoms with Gasteiger partial charge in [-0.2, -0.15) is 0 Å². The van der Waals surface area contributed by atoms with E-state index in [1.807, 2.05) is 6.07 Å². The van der Waals surface area contributed by atoms with Gasteiger partial charge in [0.25, 0.3) is 0 Å². The molecule has 2 heterocycles. The Morgan fingerprint density at radius 1 is 1.29 bits per heavy atom. The lowest BCUT2D eigenvalue weighted by Crippen LogP contribution is -2.79. The van der Waals surface area contributed by atoms with Gasteiger partial charge in [-0.1, -0.05) is 18.2 Å². The highest BCUT2D eigenvalue weighted by Crippen LogP contribution is 2.74. The first-order valence-electron chi connectivity index (χ1n) is 10.3. The van der Waals surface area contributed by atoms with E-state index in [2.05, 4.69) is 30.2 Å². The van der Waals surface area contributed by atoms with Crippen molar-refractivity contribution >= 4 is 5.78 Å². The summed E-state index contributed by atoms with van der Waals surface area (Å²) in [4.78, 5) is 15.3. The molecule has 1 aromatic rings. The molecule has 2 fully saturated rings. The fraction of sp³-hybridized carbons (Fsp3) is 0.609. The maximum absolute atomic E-state index is 12.8. The van der Waals surface area contributed by atoms with Crippen LogP contribution in [0.2, 0.25) is 0 Å². The zero-order valence-electron chi connectivity index (χ0n) is 17.0. The summed E-state index contributed by atoms with van der Waals surface area (Å²) in [6.45, 7) is 2.74. The maximum atomic E-state index is 12.8. The van der Waals surface area contributed by atoms with Crippen molar-refractivity contribution in [2.45, 2.75) is 49.3 Å². The van der Waals surface area contributed by atoms with E-state index in [1.165, 1.54) is 11.1 Å². The van der Waals surface area contributed by atoms with Crippen molar-refractivity contribution in [1.29, 1.82) is 0 Å². The Hall–Kier alpha value is -1.85. The normalized spacial score (nSPS) is 44.2. The standard InChI is InChI=1S/C23H27NO4/c1-13(25)15-12-21-7-8-23(15,27-4)20-22(21)9-10-24(2)17(21)11-14-5-6-16(26-3)19(28-20)18(14)22/h5-8,15,17,20H,9-12H2,1-4H3/t15-,17-,20-,21?,22+,23+/m1/s1. The monoisotopic (exact) mass is 381 g/mol. The molecule has 2 spiro atoms. The van der Waals surface area contributed by atoms with E-state index in [0.717, 1.165) is 37.3 Å². The van der Waals surface area contributed by atoms with E-state index < -0.39 is 5.60 Å². The van der Waals surface area contributed by atoms with Crippen LogP contribution in [0.4, 0.5) is 0 Å². The third-order valence-electron chi connectivity index (χ3n) is 8.77. The number of likely N-dealkylation sites (tertiary alicyclic amines) is 1. The van der Waals surface area contributed by atoms with Gasteiger partial charge in [0.2, 0.25) is 0 Å². The zero-order chi connectivity index (χ0) is 19.5. The number of likely N-dealkylation sites (N-methyl/N-ethyl adjacent to an activating group) is 1. The van der Waals surface area contributed by atoms with Crippen LogP contribution in [0.3, 0.4) is 0 Å². The minimum atomic E-state index is -0.716. The molecule has 0 aromatic heterocycles. The Labute approximate surface area is 165 Å². The van der Waals surface area contributed by atoms with Crippen LogP contribution < -0.4 is 9.47 Å². The summed E-state index contributed by atoms with van der Waals surface area (Å²) in [5.41, 5.74) is 1.72. The number of piperidine rings is 1. The summed E-state index contributed by atoms with van der Waals surface area (Å²) in [5, 5.41) is 0. The van der Waals surface area contributed by atoms with Gasteiger partial charge in [-0.05, 0) is 51.4 Å². The van der Waals surface area contributed by atoms with E-state index in [4.69, 9.17) is 14.2 Å². The molecule has 0 amide bonds. The molecule has 148 valence electrons. The molecule has 6 aliphatic rings. The topological polar surface area (TPSA) is 48.0 Å². The summed E-state index contributed by atoms with van der Waals surface area (Å²) in [6, 6.07) is 4.62. The lowest BCUT2D eigenvalue weighted by Gasteiger charge is -2.70. The van der Waals surface area contributed by atoms with Crippen molar-refractivity contribution in [3.05, 3.63) is 35.4 Å². The molecule has 6 atom stereocenters. The van der Waals surface area contributed by atoms with E-state index in [0.29, 0.717) is 6.04 Å². The third kappa shape index (κ3) is 1.49. The minimum absolute atomic E-state index is 0.105. The van der Waals surface area contributed by atoms with Gasteiger partial charge in [-0.25, -0.2) is 0 Å². The van der Waals surface area contributed by atoms with Crippen molar-refractivity contribution in [1.82, 2.24) is 4.90 Å². The summed E-state index contributed by atoms with van der Waals surface area (Å²) < 4.78 is 18.7. The van der Waals surface area contributed by atoms with Gasteiger partial charge in [0.05, 0.1) is 18.4 Å². The van der Waals surface area contributed by atoms with Crippen LogP contribution in [-0.4, -0.2) is 56.2 Å². The fourth-order valence-electron chi connectivity index (χ4n) is 7.67. The predicted molar refractivity (Wildman–Crippen MR) is 104 cm³/mol. The molecule has 1 saturated heterocycles. The Morgan fingerprint density at radius 3 is 2.82 bits per heavy atom. The lowest BCUT2D eigenvalue weighted by molar-refractivity contribution is -0.212. The molecule has 1 saturated carbocycles. The predicted octanol–water partition coefficient (Wildman–Crippen LogP) is 2.50. The smallest absolute Gasteiger partial charge is 0.166 e. The maximum Gasteiger partial charge on any atom is 0.166 e. The molecule has 5 heteroatoms. The number of ketones is 1. The number of methoxy groups -OCH3 is 2. The SMILES string of the molecule is COc1ccc2c3c1O[C@H]1[C@]4(OC)C=CC5(C[C@@H]4C(C)=O)[C@@H](C2)N(C)CC[C@]315. The molecule has 0 radical (unpaired) electrons. The van der Waals surface area contributed by atoms with Crippen LogP contribution in [-0.2, 0) is 21.4 Å². The second-order valence-electron chi connectivity index (χ2n) is 9.35. The average molecular weight is 381 g/mol. The number of nitrogens with zero attached hydrogens (tertiary/aromatic N) is 1. The number of ether oxygens (including phenoxy) is 3. The first-order valence-corrected chi connectivity index (χ1v) is 10.3. The van der Waals surface area contributed by atoms with Crippen molar-refractivity contribution in [2.75, 3.05) is 27.8 Å². The zero-order valence-corrected chi connectivity index (χ0v) is 17.0. The number of benzene rings is 1. The highest BCUT2D eigenvalue weighted by atomic mass is 16.6. The van der Waals surface area contributed by atoms with Crippen molar-refractivity contribution in [3.8, 4) is 11.5 Å². The van der Waals surface area contributed by atoms with Crippen LogP contribution in [0.15, 0.2) is 24.3 Å². The van der Waals surface area contributed by atoms with E-state index >= 15 is 0 Å². The lowest BCUT2D eigenvalue weighted by atomic mass is 9.37. The molecule has 4 bridgehead atoms. The number of carbonyl (C=O) groups excluding carboxylic acids is 1. The number of carbonyl (C=O) groups is 1. The first-order chi connectivity index (χ1) is 13.4. The van der Waals surface area contributed by atoms with Crippen LogP contribution >= 0.6 is 0 Å². The highest BCUT2D eigenvalue weighted by molar-refractivity contribution is 5.82. The summed E-state index contributed by atoms with van der Waals surface area (Å²) in [6.07, 6.45) is 7.19. The fourth-order valence-corrected chi connectivity index (χ4v) is 7.67. The molecule has 5 nitrogen and oxygen atoms in total. The van der Waals surface area contributed by atoms with Gasteiger partial charge in [0.1, 0.15) is 17.5 Å². The van der Waals surface area contributed by atoms with Crippen LogP contribution in [0.5, 0.6) is 11.5 Å². The molecule has 4 aliphatic carbocycles. The van der Waals surface area contributed by atoms with Crippen LogP contribution in [0, 0.1) is 11.3 Å². The molecule has 2 aliphatic heterocycles. The third-order valence-corrected chi connectivity index (χ3v) is 8.77. The number of fused-ring (bicyclic) bond motifs is 1. The molecule has 1 unspecified atom stereocenters. The molecule has 1 aromatic carbocycles. The average Bonchev–Trinajstić information content (AvgIpc) is 3.07. The van der Waals surface area contributed by atoms with Gasteiger partial charge in [-0.15, -0.1) is 0 Å². The van der Waals surface area contributed by atoms with Gasteiger partial charge >= 0.3 is 0 Å². The summed E-state index contributed by atoms with van der Waals surface area (Å²) >= 11 is 0. The molecular formula is C23H27NO4. The van der Waals surface area contributed by atoms with E-state index in [9.17, 15) is 4.79 Å². The Bertz CT molecular complexity index is 941. The Morgan fingerprint density at radius 2 is 2.11 bits per heavy atom. The molecule has 28 heavy (non-hydrogen) atoms. The minimum Gasteiger partial charge on any atom is -0.493 e. The van der Waals surface area contributed by atoms with Gasteiger partial charge < -0.3 is 19.1 Å². The largest absolute Gasteiger partial charge is 0.493 e. The van der Waals surface area contributed by atoms with Crippen LogP contribution in [0.1, 0.15) is 30.9 Å². The number of hydrogen-bond donors (Lipinski definition) is 0. The van der Waals surface area contributed by atoms with E-state index in [1.54, 1.807) is 21.1 Å². The quantitative estimate of drug-likeness (QED) is 0.753. The number of rotatable bonds is 3. The van der Waals surface area contributed by atoms with Crippen molar-refractivity contribution in [3.63, 3.8) is 0 Å². The second kappa shape index (κ2) is 5.00. The summed E-state index contributed by atoms with van der Waals surface area (Å²) in [5.74, 6) is 1.68. The number of hydrogen-bond acceptors (Lipinski definition) is 5. The number of Topliss-reactive ketones (excluding diaryl/α,β-unsaturated/α-hetero) is 1. The van der Waals surface area contributed by atoms with Crippen LogP contribution in [0.25, 0.3) is 0 Å². The Balaban J connectivity index is 1.72. The highest BCUT2D eigenvalue weighted by Gasteiger charge is 2.79. The molecule has 0 N–H and O–H groups in total. The second-order valence-corrected chi connectivity index (χ2v) is 9.35. The van der Waals surface area contributed by atoms with Gasteiger partial charge in [-0.3, -0.25) is 4.79 Å². The molecule has 7 rings (SSSR count). The van der Waals surface area contributed by atoms with E-state index in [-0.39, 0.29) is 28.6 Å². The Kier molecular flexibility index (Phi) is 3.05. The first kappa shape index (κ1) is 17.0. The summed E-state index contributed by atoms with van der Waals surface area (Å²) in [7, 11) is 5.67. The van der Waals surface area contributed by atoms with Crippen molar-refractivity contribution < 1.29 is 19.0 Å². The molecular weight excluding hydrogens is 354 g/mol. The van der Waals surface area contributed by atoms with Gasteiger partial charge in [0, 0.05) is 24.1 Å². The van der Waals surface area contributed by atoms with Gasteiger partial charge in [0.15, 0.2) is 11.5 Å².